The summed E-state index contributed by atoms with van der Waals surface area (Å²) in [5.41, 5.74) is 7.18. The predicted octanol–water partition coefficient (Wildman–Crippen LogP) is -0.152. The fraction of sp³-hybridized carbons (Fsp3) is 0.222. The summed E-state index contributed by atoms with van der Waals surface area (Å²) >= 11 is 0. The van der Waals surface area contributed by atoms with Crippen molar-refractivity contribution in [1.29, 1.82) is 0 Å². The first-order valence-corrected chi connectivity index (χ1v) is 4.31. The van der Waals surface area contributed by atoms with Crippen molar-refractivity contribution in [3.05, 3.63) is 34.2 Å². The van der Waals surface area contributed by atoms with E-state index in [4.69, 9.17) is 5.73 Å². The van der Waals surface area contributed by atoms with Crippen molar-refractivity contribution in [1.82, 2.24) is 9.97 Å². The Morgan fingerprint density at radius 2 is 2.07 bits per heavy atom. The van der Waals surface area contributed by atoms with Crippen LogP contribution in [0.5, 0.6) is 0 Å². The van der Waals surface area contributed by atoms with Crippen LogP contribution in [-0.4, -0.2) is 21.6 Å². The zero-order chi connectivity index (χ0) is 10.1. The number of aliphatic hydroxyl groups excluding tert-OH is 1. The molecule has 5 nitrogen and oxygen atoms in total. The topological polar surface area (TPSA) is 94.9 Å². The molecule has 0 amide bonds. The van der Waals surface area contributed by atoms with E-state index in [-0.39, 0.29) is 12.2 Å². The van der Waals surface area contributed by atoms with Crippen molar-refractivity contribution in [3.63, 3.8) is 0 Å². The van der Waals surface area contributed by atoms with Gasteiger partial charge in [-0.3, -0.25) is 0 Å². The lowest BCUT2D eigenvalue weighted by Crippen LogP contribution is -2.11. The molecule has 0 bridgehead atoms. The normalized spacial score (nSPS) is 13.3. The molecule has 1 aromatic carbocycles. The highest BCUT2D eigenvalue weighted by atomic mass is 16.3. The Labute approximate surface area is 79.6 Å². The number of hydrogen-bond donors (Lipinski definition) is 4. The number of nitrogens with one attached hydrogen (secondary N) is 2. The third-order valence-electron chi connectivity index (χ3n) is 2.15. The molecule has 1 aromatic heterocycles. The number of rotatable bonds is 2. The summed E-state index contributed by atoms with van der Waals surface area (Å²) in [6.07, 6.45) is -0.683. The highest BCUT2D eigenvalue weighted by Crippen LogP contribution is 2.15. The van der Waals surface area contributed by atoms with E-state index in [1.54, 1.807) is 18.2 Å². The zero-order valence-corrected chi connectivity index (χ0v) is 7.45. The molecule has 5 N–H and O–H groups in total. The van der Waals surface area contributed by atoms with E-state index >= 15 is 0 Å². The molecule has 0 fully saturated rings. The van der Waals surface area contributed by atoms with Crippen molar-refractivity contribution in [2.75, 3.05) is 6.54 Å². The molecule has 0 spiro atoms. The van der Waals surface area contributed by atoms with Gasteiger partial charge in [-0.05, 0) is 17.7 Å². The lowest BCUT2D eigenvalue weighted by Gasteiger charge is -2.06. The van der Waals surface area contributed by atoms with E-state index in [9.17, 15) is 9.90 Å². The first-order valence-electron chi connectivity index (χ1n) is 4.31. The molecule has 0 radical (unpaired) electrons. The third kappa shape index (κ3) is 1.43. The first-order chi connectivity index (χ1) is 6.70. The summed E-state index contributed by atoms with van der Waals surface area (Å²) < 4.78 is 0. The van der Waals surface area contributed by atoms with Crippen LogP contribution in [-0.2, 0) is 0 Å². The quantitative estimate of drug-likeness (QED) is 0.534. The molecule has 0 aliphatic heterocycles. The van der Waals surface area contributed by atoms with Gasteiger partial charge in [0.1, 0.15) is 0 Å². The molecular weight excluding hydrogens is 182 g/mol. The maximum absolute atomic E-state index is 10.9. The highest BCUT2D eigenvalue weighted by Gasteiger charge is 2.06. The van der Waals surface area contributed by atoms with Crippen molar-refractivity contribution in [2.45, 2.75) is 6.10 Å². The van der Waals surface area contributed by atoms with Crippen molar-refractivity contribution >= 4 is 11.0 Å². The van der Waals surface area contributed by atoms with E-state index in [2.05, 4.69) is 9.97 Å². The average molecular weight is 193 g/mol. The van der Waals surface area contributed by atoms with Crippen molar-refractivity contribution in [2.24, 2.45) is 5.73 Å². The standard InChI is InChI=1S/C9H11N3O2/c10-4-8(13)5-1-2-6-7(3-5)12-9(14)11-6/h1-3,8,13H,4,10H2,(H2,11,12,14). The first kappa shape index (κ1) is 8.98. The summed E-state index contributed by atoms with van der Waals surface area (Å²) in [4.78, 5) is 16.2. The maximum atomic E-state index is 10.9. The molecule has 0 aliphatic carbocycles. The summed E-state index contributed by atoms with van der Waals surface area (Å²) in [6.45, 7) is 0.167. The molecule has 1 heterocycles. The Morgan fingerprint density at radius 1 is 1.36 bits per heavy atom. The molecule has 0 saturated carbocycles. The van der Waals surface area contributed by atoms with Crippen LogP contribution in [0.2, 0.25) is 0 Å². The van der Waals surface area contributed by atoms with Gasteiger partial charge >= 0.3 is 5.69 Å². The molecular formula is C9H11N3O2. The van der Waals surface area contributed by atoms with Gasteiger partial charge in [-0.2, -0.15) is 0 Å². The Kier molecular flexibility index (Phi) is 2.11. The van der Waals surface area contributed by atoms with Crippen LogP contribution in [0.1, 0.15) is 11.7 Å². The van der Waals surface area contributed by atoms with E-state index in [1.165, 1.54) is 0 Å². The van der Waals surface area contributed by atoms with Gasteiger partial charge < -0.3 is 20.8 Å². The number of aromatic nitrogens is 2. The number of hydrogen-bond acceptors (Lipinski definition) is 3. The van der Waals surface area contributed by atoms with Gasteiger partial charge in [-0.1, -0.05) is 6.07 Å². The van der Waals surface area contributed by atoms with Crippen LogP contribution in [0.15, 0.2) is 23.0 Å². The molecule has 1 atom stereocenters. The molecule has 74 valence electrons. The second kappa shape index (κ2) is 3.28. The molecule has 1 unspecified atom stereocenters. The number of benzene rings is 1. The number of imidazole rings is 1. The number of fused-ring (bicyclic) bond motifs is 1. The lowest BCUT2D eigenvalue weighted by atomic mass is 10.1. The smallest absolute Gasteiger partial charge is 0.323 e. The van der Waals surface area contributed by atoms with Crippen LogP contribution >= 0.6 is 0 Å². The van der Waals surface area contributed by atoms with Crippen LogP contribution in [0.25, 0.3) is 11.0 Å². The minimum atomic E-state index is -0.683. The summed E-state index contributed by atoms with van der Waals surface area (Å²) in [5.74, 6) is 0. The SMILES string of the molecule is NCC(O)c1ccc2[nH]c(=O)[nH]c2c1. The minimum Gasteiger partial charge on any atom is -0.387 e. The minimum absolute atomic E-state index is 0.167. The Hall–Kier alpha value is -1.59. The second-order valence-corrected chi connectivity index (χ2v) is 3.14. The van der Waals surface area contributed by atoms with Gasteiger partial charge in [-0.15, -0.1) is 0 Å². The molecule has 14 heavy (non-hydrogen) atoms. The fourth-order valence-electron chi connectivity index (χ4n) is 1.39. The number of aliphatic hydroxyl groups is 1. The number of nitrogens with two attached hydrogens (primary N) is 1. The Bertz CT molecular complexity index is 500. The Morgan fingerprint density at radius 3 is 2.79 bits per heavy atom. The monoisotopic (exact) mass is 193 g/mol. The maximum Gasteiger partial charge on any atom is 0.323 e. The molecule has 0 aliphatic rings. The van der Waals surface area contributed by atoms with E-state index in [1.807, 2.05) is 0 Å². The van der Waals surface area contributed by atoms with Gasteiger partial charge in [0.15, 0.2) is 0 Å². The molecule has 5 heteroatoms. The van der Waals surface area contributed by atoms with E-state index < -0.39 is 6.10 Å². The number of H-pyrrole nitrogens is 2. The van der Waals surface area contributed by atoms with Gasteiger partial charge in [0.05, 0.1) is 17.1 Å². The van der Waals surface area contributed by atoms with Crippen molar-refractivity contribution in [3.8, 4) is 0 Å². The molecule has 0 saturated heterocycles. The predicted molar refractivity (Wildman–Crippen MR) is 52.9 cm³/mol. The second-order valence-electron chi connectivity index (χ2n) is 3.14. The van der Waals surface area contributed by atoms with Crippen LogP contribution in [0, 0.1) is 0 Å². The lowest BCUT2D eigenvalue weighted by molar-refractivity contribution is 0.187. The fourth-order valence-corrected chi connectivity index (χ4v) is 1.39. The van der Waals surface area contributed by atoms with Crippen LogP contribution in [0.3, 0.4) is 0 Å². The van der Waals surface area contributed by atoms with E-state index in [0.717, 1.165) is 5.52 Å². The van der Waals surface area contributed by atoms with Crippen LogP contribution in [0.4, 0.5) is 0 Å². The highest BCUT2D eigenvalue weighted by molar-refractivity contribution is 5.75. The van der Waals surface area contributed by atoms with Gasteiger partial charge in [0.2, 0.25) is 0 Å². The largest absolute Gasteiger partial charge is 0.387 e. The molecule has 2 aromatic rings. The van der Waals surface area contributed by atoms with Gasteiger partial charge in [0.25, 0.3) is 0 Å². The average Bonchev–Trinajstić information content (AvgIpc) is 2.55. The van der Waals surface area contributed by atoms with Crippen molar-refractivity contribution < 1.29 is 5.11 Å². The van der Waals surface area contributed by atoms with Gasteiger partial charge in [-0.25, -0.2) is 4.79 Å². The van der Waals surface area contributed by atoms with Crippen LogP contribution < -0.4 is 11.4 Å². The van der Waals surface area contributed by atoms with Gasteiger partial charge in [0, 0.05) is 6.54 Å². The van der Waals surface area contributed by atoms with E-state index in [0.29, 0.717) is 11.1 Å². The third-order valence-corrected chi connectivity index (χ3v) is 2.15. The summed E-state index contributed by atoms with van der Waals surface area (Å²) in [7, 11) is 0. The number of aromatic amines is 2. The Balaban J connectivity index is 2.55. The summed E-state index contributed by atoms with van der Waals surface area (Å²) in [5, 5.41) is 9.47. The summed E-state index contributed by atoms with van der Waals surface area (Å²) in [6, 6.07) is 5.19. The molecule has 2 rings (SSSR count). The zero-order valence-electron chi connectivity index (χ0n) is 7.45.